The Morgan fingerprint density at radius 3 is 2.72 bits per heavy atom. The molecule has 0 aromatic carbocycles. The Labute approximate surface area is 163 Å². The van der Waals surface area contributed by atoms with Crippen LogP contribution in [0.25, 0.3) is 11.0 Å². The first-order chi connectivity index (χ1) is 13.8. The summed E-state index contributed by atoms with van der Waals surface area (Å²) in [5, 5.41) is 7.07. The molecule has 11 heteroatoms. The highest BCUT2D eigenvalue weighted by atomic mass is 19.4. The summed E-state index contributed by atoms with van der Waals surface area (Å²) in [5.74, 6) is 0.574. The first kappa shape index (κ1) is 18.0. The van der Waals surface area contributed by atoms with E-state index in [1.165, 1.54) is 17.0 Å². The van der Waals surface area contributed by atoms with E-state index in [9.17, 15) is 18.0 Å². The molecule has 0 bridgehead atoms. The fourth-order valence-electron chi connectivity index (χ4n) is 4.33. The van der Waals surface area contributed by atoms with Crippen molar-refractivity contribution >= 4 is 22.7 Å². The van der Waals surface area contributed by atoms with Crippen molar-refractivity contribution in [3.05, 3.63) is 40.6 Å². The molecule has 2 saturated heterocycles. The second kappa shape index (κ2) is 5.94. The summed E-state index contributed by atoms with van der Waals surface area (Å²) in [6.07, 6.45) is -0.904. The average molecular weight is 405 g/mol. The fraction of sp³-hybridized carbons (Fsp3) is 0.444. The van der Waals surface area contributed by atoms with Crippen LogP contribution in [-0.2, 0) is 13.2 Å². The maximum absolute atomic E-state index is 12.9. The smallest absolute Gasteiger partial charge is 0.370 e. The first-order valence-corrected chi connectivity index (χ1v) is 9.19. The van der Waals surface area contributed by atoms with Gasteiger partial charge in [0, 0.05) is 50.5 Å². The molecule has 152 valence electrons. The Hall–Kier alpha value is -3.11. The molecule has 0 aliphatic carbocycles. The third-order valence-corrected chi connectivity index (χ3v) is 5.84. The van der Waals surface area contributed by atoms with Crippen molar-refractivity contribution in [1.82, 2.24) is 24.7 Å². The summed E-state index contributed by atoms with van der Waals surface area (Å²) in [7, 11) is 1.69. The Morgan fingerprint density at radius 1 is 1.21 bits per heavy atom. The van der Waals surface area contributed by atoms with Crippen LogP contribution in [0.15, 0.2) is 29.3 Å². The number of fused-ring (bicyclic) bond motifs is 1. The van der Waals surface area contributed by atoms with Crippen LogP contribution in [0.4, 0.5) is 24.8 Å². The lowest BCUT2D eigenvalue weighted by atomic mass is 9.79. The lowest BCUT2D eigenvalue weighted by Crippen LogP contribution is -2.58. The molecule has 3 aromatic rings. The van der Waals surface area contributed by atoms with E-state index in [1.54, 1.807) is 13.1 Å². The first-order valence-electron chi connectivity index (χ1n) is 9.19. The monoisotopic (exact) mass is 405 g/mol. The number of hydrogen-bond donors (Lipinski definition) is 1. The molecule has 2 fully saturated rings. The zero-order valence-electron chi connectivity index (χ0n) is 15.6. The molecule has 5 rings (SSSR count). The largest absolute Gasteiger partial charge is 0.433 e. The molecule has 0 atom stereocenters. The molecule has 2 aliphatic rings. The van der Waals surface area contributed by atoms with E-state index in [0.717, 1.165) is 19.0 Å². The summed E-state index contributed by atoms with van der Waals surface area (Å²) in [6.45, 7) is 2.74. The normalized spacial score (nSPS) is 18.6. The molecule has 29 heavy (non-hydrogen) atoms. The van der Waals surface area contributed by atoms with Gasteiger partial charge in [-0.3, -0.25) is 19.4 Å². The molecule has 8 nitrogen and oxygen atoms in total. The predicted octanol–water partition coefficient (Wildman–Crippen LogP) is 1.79. The van der Waals surface area contributed by atoms with Gasteiger partial charge >= 0.3 is 6.18 Å². The molecule has 1 spiro atoms. The summed E-state index contributed by atoms with van der Waals surface area (Å²) >= 11 is 0. The number of pyridine rings is 1. The molecule has 5 heterocycles. The van der Waals surface area contributed by atoms with E-state index in [1.807, 2.05) is 4.90 Å². The Morgan fingerprint density at radius 2 is 1.97 bits per heavy atom. The molecular formula is C18H18F3N7O. The van der Waals surface area contributed by atoms with Crippen molar-refractivity contribution in [3.8, 4) is 0 Å². The number of alkyl halides is 3. The van der Waals surface area contributed by atoms with Gasteiger partial charge in [0.1, 0.15) is 11.1 Å². The molecule has 0 radical (unpaired) electrons. The van der Waals surface area contributed by atoms with Crippen LogP contribution in [0, 0.1) is 5.41 Å². The van der Waals surface area contributed by atoms with Crippen LogP contribution in [-0.4, -0.2) is 50.9 Å². The number of anilines is 2. The third-order valence-electron chi connectivity index (χ3n) is 5.84. The van der Waals surface area contributed by atoms with Crippen molar-refractivity contribution in [2.24, 2.45) is 12.5 Å². The van der Waals surface area contributed by atoms with Crippen molar-refractivity contribution in [2.75, 3.05) is 36.0 Å². The highest BCUT2D eigenvalue weighted by Crippen LogP contribution is 2.43. The maximum atomic E-state index is 12.9. The van der Waals surface area contributed by atoms with Gasteiger partial charge in [0.2, 0.25) is 5.95 Å². The third kappa shape index (κ3) is 2.83. The van der Waals surface area contributed by atoms with Crippen molar-refractivity contribution < 1.29 is 13.2 Å². The van der Waals surface area contributed by atoms with Gasteiger partial charge in [0.05, 0.1) is 6.20 Å². The van der Waals surface area contributed by atoms with Crippen molar-refractivity contribution in [3.63, 3.8) is 0 Å². The predicted molar refractivity (Wildman–Crippen MR) is 99.8 cm³/mol. The van der Waals surface area contributed by atoms with Gasteiger partial charge in [-0.15, -0.1) is 0 Å². The minimum Gasteiger partial charge on any atom is -0.370 e. The lowest BCUT2D eigenvalue weighted by molar-refractivity contribution is -0.141. The standard InChI is InChI=1S/C18H18F3N7O/c1-26-15(29)12-7-23-25-14(12)24-16(26)27-5-3-17(8-27)9-28(10-17)11-2-4-22-13(6-11)18(19,20)21/h2,4,6-7H,3,5,8-10H2,1H3,(H,23,25). The van der Waals surface area contributed by atoms with Crippen LogP contribution in [0.2, 0.25) is 0 Å². The second-order valence-electron chi connectivity index (χ2n) is 7.83. The highest BCUT2D eigenvalue weighted by Gasteiger charge is 2.48. The van der Waals surface area contributed by atoms with Gasteiger partial charge in [0.15, 0.2) is 5.65 Å². The topological polar surface area (TPSA) is 82.9 Å². The number of aromatic nitrogens is 5. The average Bonchev–Trinajstić information content (AvgIpc) is 3.30. The summed E-state index contributed by atoms with van der Waals surface area (Å²) < 4.78 is 40.3. The maximum Gasteiger partial charge on any atom is 0.433 e. The number of rotatable bonds is 2. The van der Waals surface area contributed by atoms with Crippen LogP contribution < -0.4 is 15.4 Å². The molecular weight excluding hydrogens is 387 g/mol. The van der Waals surface area contributed by atoms with Crippen LogP contribution >= 0.6 is 0 Å². The van der Waals surface area contributed by atoms with E-state index >= 15 is 0 Å². The van der Waals surface area contributed by atoms with Crippen LogP contribution in [0.1, 0.15) is 12.1 Å². The van der Waals surface area contributed by atoms with E-state index < -0.39 is 11.9 Å². The number of nitrogens with zero attached hydrogens (tertiary/aromatic N) is 6. The Balaban J connectivity index is 1.34. The zero-order valence-corrected chi connectivity index (χ0v) is 15.6. The number of H-pyrrole nitrogens is 1. The van der Waals surface area contributed by atoms with Crippen LogP contribution in [0.5, 0.6) is 0 Å². The minimum absolute atomic E-state index is 0.0255. The molecule has 0 saturated carbocycles. The van der Waals surface area contributed by atoms with Gasteiger partial charge in [-0.25, -0.2) is 0 Å². The fourth-order valence-corrected chi connectivity index (χ4v) is 4.33. The second-order valence-corrected chi connectivity index (χ2v) is 7.83. The van der Waals surface area contributed by atoms with Crippen molar-refractivity contribution in [1.29, 1.82) is 0 Å². The number of halogens is 3. The Kier molecular flexibility index (Phi) is 3.68. The van der Waals surface area contributed by atoms with Gasteiger partial charge in [-0.2, -0.15) is 23.3 Å². The Bertz CT molecular complexity index is 1150. The molecule has 1 N–H and O–H groups in total. The van der Waals surface area contributed by atoms with Crippen molar-refractivity contribution in [2.45, 2.75) is 12.6 Å². The number of hydrogen-bond acceptors (Lipinski definition) is 6. The SMILES string of the molecule is Cn1c(N2CCC3(CN(c4ccnc(C(F)(F)F)c4)C3)C2)nc2[nH]ncc2c1=O. The van der Waals surface area contributed by atoms with E-state index in [4.69, 9.17) is 0 Å². The summed E-state index contributed by atoms with van der Waals surface area (Å²) in [5.41, 5.74) is -0.0819. The number of aromatic amines is 1. The molecule has 2 aliphatic heterocycles. The van der Waals surface area contributed by atoms with Gasteiger partial charge in [0.25, 0.3) is 5.56 Å². The lowest BCUT2D eigenvalue weighted by Gasteiger charge is -2.49. The van der Waals surface area contributed by atoms with Gasteiger partial charge < -0.3 is 9.80 Å². The summed E-state index contributed by atoms with van der Waals surface area (Å²) in [6, 6.07) is 2.70. The quantitative estimate of drug-likeness (QED) is 0.700. The molecule has 3 aromatic heterocycles. The van der Waals surface area contributed by atoms with E-state index in [0.29, 0.717) is 42.3 Å². The minimum atomic E-state index is -4.45. The molecule has 0 unspecified atom stereocenters. The van der Waals surface area contributed by atoms with Gasteiger partial charge in [-0.1, -0.05) is 0 Å². The van der Waals surface area contributed by atoms with E-state index in [-0.39, 0.29) is 11.0 Å². The van der Waals surface area contributed by atoms with Crippen LogP contribution in [0.3, 0.4) is 0 Å². The number of nitrogens with one attached hydrogen (secondary N) is 1. The summed E-state index contributed by atoms with van der Waals surface area (Å²) in [4.78, 5) is 24.5. The zero-order chi connectivity index (χ0) is 20.4. The van der Waals surface area contributed by atoms with E-state index in [2.05, 4.69) is 25.1 Å². The molecule has 0 amide bonds. The highest BCUT2D eigenvalue weighted by molar-refractivity contribution is 5.74. The van der Waals surface area contributed by atoms with Gasteiger partial charge in [-0.05, 0) is 18.6 Å².